The summed E-state index contributed by atoms with van der Waals surface area (Å²) in [5, 5.41) is 21.6. The van der Waals surface area contributed by atoms with Crippen molar-refractivity contribution in [3.05, 3.63) is 87.4 Å². The maximum atomic E-state index is 13.4. The van der Waals surface area contributed by atoms with E-state index in [-0.39, 0.29) is 22.8 Å². The van der Waals surface area contributed by atoms with Crippen molar-refractivity contribution in [2.24, 2.45) is 0 Å². The van der Waals surface area contributed by atoms with Crippen LogP contribution in [0.25, 0.3) is 5.76 Å². The van der Waals surface area contributed by atoms with E-state index in [4.69, 9.17) is 9.47 Å². The van der Waals surface area contributed by atoms with Gasteiger partial charge in [0.25, 0.3) is 11.7 Å². The summed E-state index contributed by atoms with van der Waals surface area (Å²) in [6.07, 6.45) is 0. The number of Topliss-reactive ketones (excluding diaryl/α,β-unsaturated/α-hetero) is 1. The largest absolute Gasteiger partial charge is 0.507 e. The molecule has 2 N–H and O–H groups in total. The highest BCUT2D eigenvalue weighted by molar-refractivity contribution is 9.10. The van der Waals surface area contributed by atoms with E-state index >= 15 is 0 Å². The van der Waals surface area contributed by atoms with E-state index in [1.165, 1.54) is 18.1 Å². The van der Waals surface area contributed by atoms with Crippen molar-refractivity contribution in [3.8, 4) is 17.2 Å². The monoisotopic (exact) mass is 565 g/mol. The minimum atomic E-state index is -0.953. The Hall–Kier alpha value is -3.78. The first-order chi connectivity index (χ1) is 17.7. The number of nitrogens with zero attached hydrogens (tertiary/aromatic N) is 1. The Morgan fingerprint density at radius 2 is 1.73 bits per heavy atom. The molecule has 3 aromatic carbocycles. The van der Waals surface area contributed by atoms with Crippen LogP contribution in [0.5, 0.6) is 17.2 Å². The number of anilines is 1. The number of hydrogen-bond donors (Lipinski definition) is 2. The van der Waals surface area contributed by atoms with Gasteiger partial charge in [-0.05, 0) is 82.4 Å². The van der Waals surface area contributed by atoms with Gasteiger partial charge in [0.15, 0.2) is 11.5 Å². The van der Waals surface area contributed by atoms with Crippen LogP contribution in [-0.2, 0) is 9.59 Å². The number of hydrogen-bond acceptors (Lipinski definition) is 6. The maximum absolute atomic E-state index is 13.4. The molecule has 1 fully saturated rings. The number of ketones is 1. The Morgan fingerprint density at radius 3 is 2.32 bits per heavy atom. The number of methoxy groups -OCH3 is 1. The predicted octanol–water partition coefficient (Wildman–Crippen LogP) is 6.31. The average molecular weight is 566 g/mol. The molecular formula is C29H28BrNO6. The Morgan fingerprint density at radius 1 is 1.03 bits per heavy atom. The normalized spacial score (nSPS) is 16.9. The summed E-state index contributed by atoms with van der Waals surface area (Å²) in [6, 6.07) is 16.0. The second kappa shape index (κ2) is 10.7. The zero-order valence-corrected chi connectivity index (χ0v) is 22.6. The molecule has 4 rings (SSSR count). The lowest BCUT2D eigenvalue weighted by atomic mass is 9.94. The van der Waals surface area contributed by atoms with Gasteiger partial charge in [0, 0.05) is 11.3 Å². The van der Waals surface area contributed by atoms with Crippen molar-refractivity contribution in [1.29, 1.82) is 0 Å². The molecule has 1 amide bonds. The van der Waals surface area contributed by atoms with Crippen molar-refractivity contribution in [1.82, 2.24) is 0 Å². The molecule has 1 aliphatic rings. The molecule has 1 atom stereocenters. The van der Waals surface area contributed by atoms with Gasteiger partial charge in [0.2, 0.25) is 0 Å². The van der Waals surface area contributed by atoms with Crippen LogP contribution >= 0.6 is 15.9 Å². The third-order valence-electron chi connectivity index (χ3n) is 6.31. The highest BCUT2D eigenvalue weighted by Gasteiger charge is 2.47. The Bertz CT molecular complexity index is 1380. The van der Waals surface area contributed by atoms with Crippen LogP contribution < -0.4 is 14.4 Å². The molecule has 1 aliphatic heterocycles. The fourth-order valence-corrected chi connectivity index (χ4v) is 4.92. The summed E-state index contributed by atoms with van der Waals surface area (Å²) in [6.45, 7) is 6.24. The molecule has 1 heterocycles. The average Bonchev–Trinajstić information content (AvgIpc) is 3.15. The summed E-state index contributed by atoms with van der Waals surface area (Å²) in [4.78, 5) is 28.2. The van der Waals surface area contributed by atoms with E-state index < -0.39 is 17.7 Å². The highest BCUT2D eigenvalue weighted by Crippen LogP contribution is 2.44. The number of ether oxygens (including phenoxy) is 2. The van der Waals surface area contributed by atoms with Gasteiger partial charge in [0.05, 0.1) is 29.8 Å². The van der Waals surface area contributed by atoms with Crippen LogP contribution in [0.1, 0.15) is 49.4 Å². The number of aromatic hydroxyl groups is 1. The molecule has 0 saturated carbocycles. The second-order valence-corrected chi connectivity index (χ2v) is 9.78. The Labute approximate surface area is 224 Å². The quantitative estimate of drug-likeness (QED) is 0.198. The van der Waals surface area contributed by atoms with Gasteiger partial charge in [-0.15, -0.1) is 0 Å². The van der Waals surface area contributed by atoms with Gasteiger partial charge in [-0.25, -0.2) is 0 Å². The minimum Gasteiger partial charge on any atom is -0.507 e. The van der Waals surface area contributed by atoms with Crippen LogP contribution in [0.4, 0.5) is 5.69 Å². The Kier molecular flexibility index (Phi) is 7.59. The molecule has 0 bridgehead atoms. The van der Waals surface area contributed by atoms with Crippen molar-refractivity contribution >= 4 is 39.1 Å². The number of carbonyl (C=O) groups excluding carboxylic acids is 2. The van der Waals surface area contributed by atoms with Gasteiger partial charge in [-0.3, -0.25) is 14.5 Å². The zero-order valence-electron chi connectivity index (χ0n) is 21.0. The number of phenolic OH excluding ortho intramolecular Hbond substituents is 1. The minimum absolute atomic E-state index is 0.0665. The molecule has 37 heavy (non-hydrogen) atoms. The molecule has 3 aromatic rings. The molecule has 0 spiro atoms. The number of aliphatic hydroxyl groups excluding tert-OH is 1. The zero-order chi connectivity index (χ0) is 26.9. The van der Waals surface area contributed by atoms with E-state index in [9.17, 15) is 19.8 Å². The third kappa shape index (κ3) is 4.93. The fraction of sp³-hybridized carbons (Fsp3) is 0.241. The molecule has 0 aromatic heterocycles. The topological polar surface area (TPSA) is 96.3 Å². The molecule has 0 radical (unpaired) electrons. The third-order valence-corrected chi connectivity index (χ3v) is 6.93. The summed E-state index contributed by atoms with van der Waals surface area (Å²) < 4.78 is 11.4. The van der Waals surface area contributed by atoms with Gasteiger partial charge in [-0.1, -0.05) is 32.0 Å². The molecule has 8 heteroatoms. The van der Waals surface area contributed by atoms with E-state index in [0.29, 0.717) is 39.6 Å². The fourth-order valence-electron chi connectivity index (χ4n) is 4.38. The van der Waals surface area contributed by atoms with E-state index in [1.807, 2.05) is 12.1 Å². The van der Waals surface area contributed by atoms with Crippen LogP contribution in [0.2, 0.25) is 0 Å². The molecule has 0 aliphatic carbocycles. The number of aliphatic hydroxyl groups is 1. The lowest BCUT2D eigenvalue weighted by Gasteiger charge is -2.26. The number of benzene rings is 3. The summed E-state index contributed by atoms with van der Waals surface area (Å²) in [5.41, 5.74) is 2.38. The van der Waals surface area contributed by atoms with E-state index in [0.717, 1.165) is 5.56 Å². The molecule has 1 unspecified atom stereocenters. The lowest BCUT2D eigenvalue weighted by molar-refractivity contribution is -0.132. The van der Waals surface area contributed by atoms with Crippen LogP contribution in [-0.4, -0.2) is 35.6 Å². The van der Waals surface area contributed by atoms with Gasteiger partial charge >= 0.3 is 0 Å². The van der Waals surface area contributed by atoms with Gasteiger partial charge in [0.1, 0.15) is 11.5 Å². The molecule has 192 valence electrons. The standard InChI is InChI=1S/C29H28BrNO6/c1-5-37-24-15-18(8-12-22(24)32)26-25(27(33)19-9-13-23(36-4)21(30)14-19)28(34)29(35)31(26)20-10-6-17(7-11-20)16(2)3/h6-16,26,32-33H,5H2,1-4H3/b27-25-. The number of halogens is 1. The van der Waals surface area contributed by atoms with E-state index in [1.54, 1.807) is 49.4 Å². The van der Waals surface area contributed by atoms with Gasteiger partial charge in [-0.2, -0.15) is 0 Å². The van der Waals surface area contributed by atoms with Crippen LogP contribution in [0, 0.1) is 0 Å². The lowest BCUT2D eigenvalue weighted by Crippen LogP contribution is -2.29. The first-order valence-corrected chi connectivity index (χ1v) is 12.7. The van der Waals surface area contributed by atoms with E-state index in [2.05, 4.69) is 29.8 Å². The number of amides is 1. The number of rotatable bonds is 7. The van der Waals surface area contributed by atoms with Crippen molar-refractivity contribution in [2.45, 2.75) is 32.7 Å². The number of phenols is 1. The highest BCUT2D eigenvalue weighted by atomic mass is 79.9. The van der Waals surface area contributed by atoms with Crippen molar-refractivity contribution < 1.29 is 29.3 Å². The summed E-state index contributed by atoms with van der Waals surface area (Å²) >= 11 is 3.41. The number of carbonyl (C=O) groups is 2. The summed E-state index contributed by atoms with van der Waals surface area (Å²) in [7, 11) is 1.52. The van der Waals surface area contributed by atoms with Crippen molar-refractivity contribution in [2.75, 3.05) is 18.6 Å². The first kappa shape index (κ1) is 26.3. The predicted molar refractivity (Wildman–Crippen MR) is 145 cm³/mol. The second-order valence-electron chi connectivity index (χ2n) is 8.92. The van der Waals surface area contributed by atoms with Crippen LogP contribution in [0.3, 0.4) is 0 Å². The van der Waals surface area contributed by atoms with Crippen molar-refractivity contribution in [3.63, 3.8) is 0 Å². The summed E-state index contributed by atoms with van der Waals surface area (Å²) in [5.74, 6) is -0.899. The maximum Gasteiger partial charge on any atom is 0.300 e. The molecule has 7 nitrogen and oxygen atoms in total. The molecule has 1 saturated heterocycles. The smallest absolute Gasteiger partial charge is 0.300 e. The van der Waals surface area contributed by atoms with Crippen LogP contribution in [0.15, 0.2) is 70.7 Å². The Balaban J connectivity index is 1.94. The van der Waals surface area contributed by atoms with Gasteiger partial charge < -0.3 is 19.7 Å². The SMILES string of the molecule is CCOc1cc(C2/C(=C(/O)c3ccc(OC)c(Br)c3)C(=O)C(=O)N2c2ccc(C(C)C)cc2)ccc1O. The first-order valence-electron chi connectivity index (χ1n) is 11.9. The molecular weight excluding hydrogens is 538 g/mol.